The van der Waals surface area contributed by atoms with E-state index in [1.165, 1.54) is 5.56 Å². The van der Waals surface area contributed by atoms with Gasteiger partial charge in [-0.2, -0.15) is 0 Å². The van der Waals surface area contributed by atoms with Crippen LogP contribution in [0.4, 0.5) is 0 Å². The van der Waals surface area contributed by atoms with Gasteiger partial charge in [-0.3, -0.25) is 0 Å². The number of halogens is 1. The van der Waals surface area contributed by atoms with Crippen LogP contribution in [0.25, 0.3) is 0 Å². The molecule has 0 amide bonds. The van der Waals surface area contributed by atoms with Crippen molar-refractivity contribution >= 4 is 15.9 Å². The van der Waals surface area contributed by atoms with Crippen molar-refractivity contribution in [3.8, 4) is 5.75 Å². The monoisotopic (exact) mass is 313 g/mol. The molecule has 1 rings (SSSR count). The lowest BCUT2D eigenvalue weighted by Gasteiger charge is -2.17. The SMILES string of the molecule is CCCNCc1cc(Br)ccc1OC(C)CCC. The lowest BCUT2D eigenvalue weighted by Crippen LogP contribution is -2.17. The van der Waals surface area contributed by atoms with Crippen LogP contribution in [0, 0.1) is 0 Å². The van der Waals surface area contributed by atoms with Gasteiger partial charge in [-0.15, -0.1) is 0 Å². The van der Waals surface area contributed by atoms with Crippen LogP contribution in [-0.2, 0) is 6.54 Å². The van der Waals surface area contributed by atoms with E-state index in [9.17, 15) is 0 Å². The molecule has 0 saturated carbocycles. The Morgan fingerprint density at radius 3 is 2.72 bits per heavy atom. The summed E-state index contributed by atoms with van der Waals surface area (Å²) in [6.07, 6.45) is 3.68. The zero-order valence-corrected chi connectivity index (χ0v) is 13.2. The molecular formula is C15H24BrNO. The standard InChI is InChI=1S/C15H24BrNO/c1-4-6-12(3)18-15-8-7-14(16)10-13(15)11-17-9-5-2/h7-8,10,12,17H,4-6,9,11H2,1-3H3. The molecule has 0 radical (unpaired) electrons. The quantitative estimate of drug-likeness (QED) is 0.713. The molecule has 2 nitrogen and oxygen atoms in total. The fraction of sp³-hybridized carbons (Fsp3) is 0.600. The van der Waals surface area contributed by atoms with Gasteiger partial charge in [0.1, 0.15) is 5.75 Å². The molecule has 0 spiro atoms. The third kappa shape index (κ3) is 5.40. The van der Waals surface area contributed by atoms with Gasteiger partial charge in [-0.25, -0.2) is 0 Å². The van der Waals surface area contributed by atoms with Crippen LogP contribution >= 0.6 is 15.9 Å². The minimum absolute atomic E-state index is 0.279. The lowest BCUT2D eigenvalue weighted by atomic mass is 10.2. The Morgan fingerprint density at radius 1 is 1.28 bits per heavy atom. The van der Waals surface area contributed by atoms with Crippen LogP contribution in [0.2, 0.25) is 0 Å². The Bertz CT molecular complexity index is 354. The number of rotatable bonds is 8. The van der Waals surface area contributed by atoms with E-state index < -0.39 is 0 Å². The highest BCUT2D eigenvalue weighted by atomic mass is 79.9. The molecule has 0 saturated heterocycles. The molecule has 0 aliphatic rings. The summed E-state index contributed by atoms with van der Waals surface area (Å²) >= 11 is 3.52. The molecule has 1 aromatic carbocycles. The van der Waals surface area contributed by atoms with Gasteiger partial charge in [0.15, 0.2) is 0 Å². The third-order valence-electron chi connectivity index (χ3n) is 2.79. The van der Waals surface area contributed by atoms with E-state index in [2.05, 4.69) is 54.2 Å². The first kappa shape index (κ1) is 15.5. The molecular weight excluding hydrogens is 290 g/mol. The fourth-order valence-corrected chi connectivity index (χ4v) is 2.29. The van der Waals surface area contributed by atoms with Crippen molar-refractivity contribution in [2.45, 2.75) is 52.7 Å². The molecule has 0 fully saturated rings. The Morgan fingerprint density at radius 2 is 2.06 bits per heavy atom. The summed E-state index contributed by atoms with van der Waals surface area (Å²) < 4.78 is 7.11. The van der Waals surface area contributed by atoms with Crippen molar-refractivity contribution in [1.82, 2.24) is 5.32 Å². The highest BCUT2D eigenvalue weighted by molar-refractivity contribution is 9.10. The smallest absolute Gasteiger partial charge is 0.124 e. The Balaban J connectivity index is 2.69. The zero-order chi connectivity index (χ0) is 13.4. The predicted octanol–water partition coefficient (Wildman–Crippen LogP) is 4.52. The molecule has 1 unspecified atom stereocenters. The summed E-state index contributed by atoms with van der Waals surface area (Å²) in [6, 6.07) is 6.23. The van der Waals surface area contributed by atoms with Crippen LogP contribution in [0.3, 0.4) is 0 Å². The minimum Gasteiger partial charge on any atom is -0.490 e. The average Bonchev–Trinajstić information content (AvgIpc) is 2.33. The van der Waals surface area contributed by atoms with Gasteiger partial charge in [-0.1, -0.05) is 36.2 Å². The second kappa shape index (κ2) is 8.54. The summed E-state index contributed by atoms with van der Waals surface area (Å²) in [6.45, 7) is 8.40. The van der Waals surface area contributed by atoms with Gasteiger partial charge in [0, 0.05) is 16.6 Å². The van der Waals surface area contributed by atoms with Crippen LogP contribution in [0.5, 0.6) is 5.75 Å². The largest absolute Gasteiger partial charge is 0.490 e. The first-order valence-corrected chi connectivity index (χ1v) is 7.62. The van der Waals surface area contributed by atoms with E-state index in [0.29, 0.717) is 0 Å². The third-order valence-corrected chi connectivity index (χ3v) is 3.28. The number of hydrogen-bond acceptors (Lipinski definition) is 2. The second-order valence-electron chi connectivity index (χ2n) is 4.65. The summed E-state index contributed by atoms with van der Waals surface area (Å²) in [5.41, 5.74) is 1.22. The molecule has 3 heteroatoms. The molecule has 0 bridgehead atoms. The van der Waals surface area contributed by atoms with Crippen molar-refractivity contribution in [2.75, 3.05) is 6.54 Å². The van der Waals surface area contributed by atoms with E-state index in [4.69, 9.17) is 4.74 Å². The highest BCUT2D eigenvalue weighted by Gasteiger charge is 2.08. The molecule has 1 N–H and O–H groups in total. The second-order valence-corrected chi connectivity index (χ2v) is 5.56. The maximum Gasteiger partial charge on any atom is 0.124 e. The molecule has 0 aliphatic heterocycles. The van der Waals surface area contributed by atoms with Gasteiger partial charge in [-0.05, 0) is 44.5 Å². The number of nitrogens with one attached hydrogen (secondary N) is 1. The predicted molar refractivity (Wildman–Crippen MR) is 81.1 cm³/mol. The van der Waals surface area contributed by atoms with Crippen LogP contribution in [-0.4, -0.2) is 12.6 Å². The van der Waals surface area contributed by atoms with E-state index in [-0.39, 0.29) is 6.10 Å². The zero-order valence-electron chi connectivity index (χ0n) is 11.6. The highest BCUT2D eigenvalue weighted by Crippen LogP contribution is 2.24. The van der Waals surface area contributed by atoms with Gasteiger partial charge < -0.3 is 10.1 Å². The van der Waals surface area contributed by atoms with Gasteiger partial charge in [0.25, 0.3) is 0 Å². The normalized spacial score (nSPS) is 12.4. The van der Waals surface area contributed by atoms with Crippen LogP contribution in [0.1, 0.15) is 45.6 Å². The van der Waals surface area contributed by atoms with E-state index in [1.54, 1.807) is 0 Å². The van der Waals surface area contributed by atoms with Gasteiger partial charge in [0.05, 0.1) is 6.10 Å². The first-order valence-electron chi connectivity index (χ1n) is 6.83. The molecule has 0 aliphatic carbocycles. The summed E-state index contributed by atoms with van der Waals surface area (Å²) in [5.74, 6) is 1.00. The van der Waals surface area contributed by atoms with Crippen LogP contribution in [0.15, 0.2) is 22.7 Å². The molecule has 18 heavy (non-hydrogen) atoms. The minimum atomic E-state index is 0.279. The summed E-state index contributed by atoms with van der Waals surface area (Å²) in [7, 11) is 0. The Labute approximate surface area is 119 Å². The summed E-state index contributed by atoms with van der Waals surface area (Å²) in [5, 5.41) is 3.42. The Kier molecular flexibility index (Phi) is 7.36. The van der Waals surface area contributed by atoms with E-state index in [0.717, 1.165) is 42.6 Å². The topological polar surface area (TPSA) is 21.3 Å². The molecule has 1 aromatic rings. The van der Waals surface area contributed by atoms with Crippen molar-refractivity contribution in [1.29, 1.82) is 0 Å². The molecule has 0 aromatic heterocycles. The molecule has 0 heterocycles. The first-order chi connectivity index (χ1) is 8.67. The lowest BCUT2D eigenvalue weighted by molar-refractivity contribution is 0.207. The van der Waals surface area contributed by atoms with Crippen LogP contribution < -0.4 is 10.1 Å². The molecule has 1 atom stereocenters. The number of hydrogen-bond donors (Lipinski definition) is 1. The van der Waals surface area contributed by atoms with Gasteiger partial charge in [0.2, 0.25) is 0 Å². The van der Waals surface area contributed by atoms with Crippen molar-refractivity contribution in [3.63, 3.8) is 0 Å². The molecule has 102 valence electrons. The maximum absolute atomic E-state index is 6.01. The van der Waals surface area contributed by atoms with Crippen molar-refractivity contribution in [3.05, 3.63) is 28.2 Å². The van der Waals surface area contributed by atoms with E-state index >= 15 is 0 Å². The van der Waals surface area contributed by atoms with Gasteiger partial charge >= 0.3 is 0 Å². The van der Waals surface area contributed by atoms with Crippen molar-refractivity contribution < 1.29 is 4.74 Å². The summed E-state index contributed by atoms with van der Waals surface area (Å²) in [4.78, 5) is 0. The number of ether oxygens (including phenoxy) is 1. The Hall–Kier alpha value is -0.540. The fourth-order valence-electron chi connectivity index (χ4n) is 1.88. The maximum atomic E-state index is 6.01. The number of benzene rings is 1. The van der Waals surface area contributed by atoms with Crippen molar-refractivity contribution in [2.24, 2.45) is 0 Å². The van der Waals surface area contributed by atoms with E-state index in [1.807, 2.05) is 6.07 Å². The average molecular weight is 314 g/mol.